The zero-order chi connectivity index (χ0) is 7.40. The van der Waals surface area contributed by atoms with Crippen LogP contribution in [0.4, 0.5) is 0 Å². The van der Waals surface area contributed by atoms with Crippen LogP contribution in [0.2, 0.25) is 0 Å². The molecule has 10 heavy (non-hydrogen) atoms. The van der Waals surface area contributed by atoms with Gasteiger partial charge in [0.1, 0.15) is 10.5 Å². The minimum atomic E-state index is 0.743. The van der Waals surface area contributed by atoms with Gasteiger partial charge in [0.05, 0.1) is 0 Å². The lowest BCUT2D eigenvalue weighted by atomic mass is 10.1. The molecule has 1 aromatic heterocycles. The van der Waals surface area contributed by atoms with Crippen molar-refractivity contribution in [3.63, 3.8) is 0 Å². The molecule has 0 aliphatic carbocycles. The molecular weight excluding hydrogens is 144 g/mol. The summed E-state index contributed by atoms with van der Waals surface area (Å²) in [6.45, 7) is 4.44. The molecule has 56 valence electrons. The van der Waals surface area contributed by atoms with E-state index in [2.05, 4.69) is 24.0 Å². The minimum Gasteiger partial charge on any atom is -0.147 e. The van der Waals surface area contributed by atoms with Gasteiger partial charge < -0.3 is 0 Å². The van der Waals surface area contributed by atoms with Gasteiger partial charge in [0.25, 0.3) is 0 Å². The van der Waals surface area contributed by atoms with E-state index < -0.39 is 0 Å². The van der Waals surface area contributed by atoms with Crippen molar-refractivity contribution in [3.05, 3.63) is 10.5 Å². The predicted octanol–water partition coefficient (Wildman–Crippen LogP) is 2.13. The average Bonchev–Trinajstić information content (AvgIpc) is 2.40. The lowest BCUT2D eigenvalue weighted by molar-refractivity contribution is 0.556. The fraction of sp³-hybridized carbons (Fsp3) is 0.714. The molecule has 0 aliphatic rings. The van der Waals surface area contributed by atoms with E-state index >= 15 is 0 Å². The van der Waals surface area contributed by atoms with E-state index in [0.717, 1.165) is 17.3 Å². The van der Waals surface area contributed by atoms with E-state index in [4.69, 9.17) is 0 Å². The van der Waals surface area contributed by atoms with Crippen LogP contribution in [-0.2, 0) is 6.42 Å². The standard InChI is InChI=1S/C7H12N2S/c1-3-6(2)4-7-9-8-5-10-7/h5-6H,3-4H2,1-2H3. The van der Waals surface area contributed by atoms with Gasteiger partial charge >= 0.3 is 0 Å². The third-order valence-corrected chi connectivity index (χ3v) is 2.35. The van der Waals surface area contributed by atoms with Gasteiger partial charge in [-0.15, -0.1) is 21.5 Å². The van der Waals surface area contributed by atoms with Gasteiger partial charge in [-0.25, -0.2) is 0 Å². The molecule has 0 spiro atoms. The van der Waals surface area contributed by atoms with Crippen molar-refractivity contribution in [2.24, 2.45) is 5.92 Å². The van der Waals surface area contributed by atoms with E-state index in [1.165, 1.54) is 6.42 Å². The summed E-state index contributed by atoms with van der Waals surface area (Å²) in [7, 11) is 0. The van der Waals surface area contributed by atoms with Crippen LogP contribution in [0, 0.1) is 5.92 Å². The Morgan fingerprint density at radius 1 is 1.70 bits per heavy atom. The largest absolute Gasteiger partial charge is 0.147 e. The van der Waals surface area contributed by atoms with Crippen LogP contribution in [0.1, 0.15) is 25.3 Å². The second kappa shape index (κ2) is 3.66. The Bertz CT molecular complexity index is 172. The average molecular weight is 156 g/mol. The molecule has 2 nitrogen and oxygen atoms in total. The Labute approximate surface area is 65.3 Å². The van der Waals surface area contributed by atoms with E-state index in [-0.39, 0.29) is 0 Å². The first kappa shape index (κ1) is 7.66. The van der Waals surface area contributed by atoms with Gasteiger partial charge in [0.15, 0.2) is 0 Å². The van der Waals surface area contributed by atoms with Gasteiger partial charge in [0.2, 0.25) is 0 Å². The summed E-state index contributed by atoms with van der Waals surface area (Å²) >= 11 is 1.64. The van der Waals surface area contributed by atoms with Crippen molar-refractivity contribution < 1.29 is 0 Å². The molecule has 0 saturated carbocycles. The smallest absolute Gasteiger partial charge is 0.117 e. The first-order valence-corrected chi connectivity index (χ1v) is 4.46. The summed E-state index contributed by atoms with van der Waals surface area (Å²) in [5, 5.41) is 8.91. The lowest BCUT2D eigenvalue weighted by Gasteiger charge is -2.02. The Morgan fingerprint density at radius 3 is 3.00 bits per heavy atom. The second-order valence-electron chi connectivity index (χ2n) is 2.55. The summed E-state index contributed by atoms with van der Waals surface area (Å²) in [5.74, 6) is 0.743. The molecule has 0 bridgehead atoms. The predicted molar refractivity (Wildman–Crippen MR) is 43.1 cm³/mol. The molecule has 1 rings (SSSR count). The molecule has 0 aliphatic heterocycles. The van der Waals surface area contributed by atoms with Crippen molar-refractivity contribution in [1.29, 1.82) is 0 Å². The van der Waals surface area contributed by atoms with E-state index in [1.807, 2.05) is 0 Å². The monoisotopic (exact) mass is 156 g/mol. The van der Waals surface area contributed by atoms with Gasteiger partial charge in [-0.3, -0.25) is 0 Å². The van der Waals surface area contributed by atoms with Crippen LogP contribution in [0.15, 0.2) is 5.51 Å². The molecule has 0 fully saturated rings. The van der Waals surface area contributed by atoms with Crippen molar-refractivity contribution in [1.82, 2.24) is 10.2 Å². The Hall–Kier alpha value is -0.440. The topological polar surface area (TPSA) is 25.8 Å². The summed E-state index contributed by atoms with van der Waals surface area (Å²) in [5.41, 5.74) is 1.79. The Kier molecular flexibility index (Phi) is 2.81. The molecule has 1 aromatic rings. The number of hydrogen-bond acceptors (Lipinski definition) is 3. The highest BCUT2D eigenvalue weighted by Gasteiger charge is 2.02. The highest BCUT2D eigenvalue weighted by molar-refractivity contribution is 7.09. The summed E-state index contributed by atoms with van der Waals surface area (Å²) in [6.07, 6.45) is 2.31. The van der Waals surface area contributed by atoms with Crippen molar-refractivity contribution in [2.75, 3.05) is 0 Å². The van der Waals surface area contributed by atoms with Crippen LogP contribution < -0.4 is 0 Å². The van der Waals surface area contributed by atoms with E-state index in [1.54, 1.807) is 16.8 Å². The highest BCUT2D eigenvalue weighted by atomic mass is 32.1. The van der Waals surface area contributed by atoms with Gasteiger partial charge in [0, 0.05) is 6.42 Å². The number of aromatic nitrogens is 2. The third kappa shape index (κ3) is 2.06. The molecule has 3 heteroatoms. The van der Waals surface area contributed by atoms with Crippen molar-refractivity contribution in [3.8, 4) is 0 Å². The van der Waals surface area contributed by atoms with E-state index in [9.17, 15) is 0 Å². The van der Waals surface area contributed by atoms with Crippen LogP contribution in [-0.4, -0.2) is 10.2 Å². The maximum atomic E-state index is 3.97. The van der Waals surface area contributed by atoms with Crippen molar-refractivity contribution >= 4 is 11.3 Å². The third-order valence-electron chi connectivity index (χ3n) is 1.63. The molecule has 1 heterocycles. The quantitative estimate of drug-likeness (QED) is 0.670. The summed E-state index contributed by atoms with van der Waals surface area (Å²) in [4.78, 5) is 0. The molecule has 0 amide bonds. The molecule has 0 N–H and O–H groups in total. The fourth-order valence-corrected chi connectivity index (χ4v) is 1.42. The zero-order valence-electron chi connectivity index (χ0n) is 6.37. The van der Waals surface area contributed by atoms with Crippen LogP contribution in [0.5, 0.6) is 0 Å². The normalized spacial score (nSPS) is 13.4. The van der Waals surface area contributed by atoms with E-state index in [0.29, 0.717) is 0 Å². The van der Waals surface area contributed by atoms with Crippen LogP contribution >= 0.6 is 11.3 Å². The molecule has 0 radical (unpaired) electrons. The zero-order valence-corrected chi connectivity index (χ0v) is 7.19. The maximum absolute atomic E-state index is 3.97. The second-order valence-corrected chi connectivity index (χ2v) is 3.47. The first-order valence-electron chi connectivity index (χ1n) is 3.58. The van der Waals surface area contributed by atoms with Crippen molar-refractivity contribution in [2.45, 2.75) is 26.7 Å². The fourth-order valence-electron chi connectivity index (χ4n) is 0.727. The lowest BCUT2D eigenvalue weighted by Crippen LogP contribution is -1.96. The summed E-state index contributed by atoms with van der Waals surface area (Å²) < 4.78 is 0. The molecule has 1 atom stereocenters. The number of rotatable bonds is 3. The molecular formula is C7H12N2S. The SMILES string of the molecule is CCC(C)Cc1nncs1. The minimum absolute atomic E-state index is 0.743. The number of hydrogen-bond donors (Lipinski definition) is 0. The number of nitrogens with zero attached hydrogens (tertiary/aromatic N) is 2. The van der Waals surface area contributed by atoms with Gasteiger partial charge in [-0.05, 0) is 5.92 Å². The Morgan fingerprint density at radius 2 is 2.50 bits per heavy atom. The Balaban J connectivity index is 2.40. The highest BCUT2D eigenvalue weighted by Crippen LogP contribution is 2.11. The van der Waals surface area contributed by atoms with Gasteiger partial charge in [-0.1, -0.05) is 20.3 Å². The summed E-state index contributed by atoms with van der Waals surface area (Å²) in [6, 6.07) is 0. The van der Waals surface area contributed by atoms with Crippen LogP contribution in [0.3, 0.4) is 0 Å². The van der Waals surface area contributed by atoms with Crippen LogP contribution in [0.25, 0.3) is 0 Å². The molecule has 0 aromatic carbocycles. The molecule has 1 unspecified atom stereocenters. The van der Waals surface area contributed by atoms with Gasteiger partial charge in [-0.2, -0.15) is 0 Å². The maximum Gasteiger partial charge on any atom is 0.117 e. The first-order chi connectivity index (χ1) is 4.83. The molecule has 0 saturated heterocycles.